The number of carbonyl (C=O) groups is 2. The van der Waals surface area contributed by atoms with Crippen molar-refractivity contribution in [2.75, 3.05) is 6.61 Å². The summed E-state index contributed by atoms with van der Waals surface area (Å²) in [5.41, 5.74) is 1.11. The van der Waals surface area contributed by atoms with E-state index >= 15 is 0 Å². The lowest BCUT2D eigenvalue weighted by Gasteiger charge is -2.60. The number of aldehydes is 1. The number of esters is 1. The third-order valence-electron chi connectivity index (χ3n) is 7.85. The Balaban J connectivity index is 1.95. The van der Waals surface area contributed by atoms with Crippen molar-refractivity contribution < 1.29 is 19.4 Å². The average Bonchev–Trinajstić information content (AvgIpc) is 2.60. The Morgan fingerprint density at radius 2 is 2.15 bits per heavy atom. The van der Waals surface area contributed by atoms with Crippen LogP contribution in [-0.4, -0.2) is 30.1 Å². The van der Waals surface area contributed by atoms with Crippen LogP contribution in [0.3, 0.4) is 0 Å². The molecule has 4 nitrogen and oxygen atoms in total. The van der Waals surface area contributed by atoms with E-state index in [1.807, 2.05) is 0 Å². The lowest BCUT2D eigenvalue weighted by molar-refractivity contribution is -0.150. The van der Waals surface area contributed by atoms with Gasteiger partial charge in [0, 0.05) is 25.4 Å². The third kappa shape index (κ3) is 3.04. The first-order valence-electron chi connectivity index (χ1n) is 10.2. The molecule has 4 unspecified atom stereocenters. The summed E-state index contributed by atoms with van der Waals surface area (Å²) in [5, 5.41) is 10.2. The van der Waals surface area contributed by atoms with Crippen LogP contribution in [0, 0.1) is 34.5 Å². The van der Waals surface area contributed by atoms with Gasteiger partial charge in [0.1, 0.15) is 12.4 Å². The first-order chi connectivity index (χ1) is 12.3. The minimum absolute atomic E-state index is 0.0123. The van der Waals surface area contributed by atoms with E-state index in [1.54, 1.807) is 0 Å². The second-order valence-electron chi connectivity index (χ2n) is 9.33. The molecule has 26 heavy (non-hydrogen) atoms. The maximum absolute atomic E-state index is 11.9. The number of allylic oxidation sites excluding steroid dienone is 1. The molecule has 0 bridgehead atoms. The summed E-state index contributed by atoms with van der Waals surface area (Å²) in [4.78, 5) is 23.3. The molecule has 2 fully saturated rings. The predicted octanol–water partition coefficient (Wildman–Crippen LogP) is 3.91. The number of aliphatic hydroxyl groups excluding tert-OH is 1. The van der Waals surface area contributed by atoms with Gasteiger partial charge in [-0.05, 0) is 54.8 Å². The molecule has 0 spiro atoms. The maximum Gasteiger partial charge on any atom is 0.302 e. The van der Waals surface area contributed by atoms with Gasteiger partial charge in [0.2, 0.25) is 0 Å². The summed E-state index contributed by atoms with van der Waals surface area (Å²) in [6, 6.07) is 0. The van der Waals surface area contributed by atoms with Crippen LogP contribution in [0.1, 0.15) is 66.2 Å². The summed E-state index contributed by atoms with van der Waals surface area (Å²) < 4.78 is 5.49. The van der Waals surface area contributed by atoms with Crippen molar-refractivity contribution in [3.8, 4) is 0 Å². The Morgan fingerprint density at radius 3 is 2.73 bits per heavy atom. The molecular weight excluding hydrogens is 328 g/mol. The van der Waals surface area contributed by atoms with E-state index in [-0.39, 0.29) is 35.4 Å². The van der Waals surface area contributed by atoms with E-state index < -0.39 is 0 Å². The fraction of sp³-hybridized carbons (Fsp3) is 0.818. The van der Waals surface area contributed by atoms with E-state index in [0.29, 0.717) is 17.8 Å². The van der Waals surface area contributed by atoms with Gasteiger partial charge in [-0.3, -0.25) is 4.79 Å². The maximum atomic E-state index is 11.9. The number of fused-ring (bicyclic) bond motifs is 3. The van der Waals surface area contributed by atoms with Crippen molar-refractivity contribution in [1.82, 2.24) is 0 Å². The van der Waals surface area contributed by atoms with Crippen molar-refractivity contribution in [2.24, 2.45) is 34.5 Å². The fourth-order valence-corrected chi connectivity index (χ4v) is 6.83. The lowest BCUT2D eigenvalue weighted by Crippen LogP contribution is -2.55. The van der Waals surface area contributed by atoms with Crippen molar-refractivity contribution >= 4 is 12.3 Å². The van der Waals surface area contributed by atoms with E-state index in [9.17, 15) is 14.7 Å². The third-order valence-corrected chi connectivity index (χ3v) is 7.85. The van der Waals surface area contributed by atoms with Crippen LogP contribution in [0.15, 0.2) is 11.6 Å². The highest BCUT2D eigenvalue weighted by Crippen LogP contribution is 2.63. The van der Waals surface area contributed by atoms with Crippen molar-refractivity contribution in [2.45, 2.75) is 72.3 Å². The van der Waals surface area contributed by atoms with Gasteiger partial charge in [0.15, 0.2) is 0 Å². The molecule has 0 radical (unpaired) electrons. The van der Waals surface area contributed by atoms with Crippen LogP contribution < -0.4 is 0 Å². The molecule has 0 saturated heterocycles. The highest BCUT2D eigenvalue weighted by Gasteiger charge is 2.57. The fourth-order valence-electron chi connectivity index (χ4n) is 6.83. The van der Waals surface area contributed by atoms with Crippen molar-refractivity contribution in [3.63, 3.8) is 0 Å². The van der Waals surface area contributed by atoms with Gasteiger partial charge < -0.3 is 14.6 Å². The van der Waals surface area contributed by atoms with Crippen LogP contribution >= 0.6 is 0 Å². The number of ether oxygens (including phenoxy) is 1. The molecule has 0 aromatic heterocycles. The highest BCUT2D eigenvalue weighted by molar-refractivity contribution is 5.66. The summed E-state index contributed by atoms with van der Waals surface area (Å²) in [6.07, 6.45) is 8.96. The van der Waals surface area contributed by atoms with Gasteiger partial charge >= 0.3 is 5.97 Å². The van der Waals surface area contributed by atoms with Gasteiger partial charge in [0.25, 0.3) is 0 Å². The van der Waals surface area contributed by atoms with Crippen LogP contribution in [-0.2, 0) is 14.3 Å². The zero-order valence-electron chi connectivity index (χ0n) is 16.7. The van der Waals surface area contributed by atoms with Gasteiger partial charge in [-0.1, -0.05) is 38.8 Å². The van der Waals surface area contributed by atoms with Crippen LogP contribution in [0.4, 0.5) is 0 Å². The molecule has 1 N–H and O–H groups in total. The minimum Gasteiger partial charge on any atom is -0.462 e. The molecule has 0 amide bonds. The molecule has 146 valence electrons. The first kappa shape index (κ1) is 19.6. The highest BCUT2D eigenvalue weighted by atomic mass is 16.5. The zero-order chi connectivity index (χ0) is 19.1. The van der Waals surface area contributed by atoms with Crippen molar-refractivity contribution in [3.05, 3.63) is 11.6 Å². The SMILES string of the molecule is CCC1C2CC=C3C[C@@H](OC(C)=O)CC[C@]3(C)C2C(CO)C[C@]1(C)C=O. The Labute approximate surface area is 157 Å². The predicted molar refractivity (Wildman–Crippen MR) is 100 cm³/mol. The molecule has 3 rings (SSSR count). The van der Waals surface area contributed by atoms with Crippen LogP contribution in [0.5, 0.6) is 0 Å². The summed E-state index contributed by atoms with van der Waals surface area (Å²) in [5.74, 6) is 1.18. The van der Waals surface area contributed by atoms with E-state index in [0.717, 1.165) is 44.8 Å². The molecule has 3 aliphatic carbocycles. The largest absolute Gasteiger partial charge is 0.462 e. The molecule has 7 atom stereocenters. The summed E-state index contributed by atoms with van der Waals surface area (Å²) in [7, 11) is 0. The van der Waals surface area contributed by atoms with Gasteiger partial charge in [0.05, 0.1) is 0 Å². The molecule has 0 aliphatic heterocycles. The topological polar surface area (TPSA) is 63.6 Å². The minimum atomic E-state index is -0.333. The normalized spacial score (nSPS) is 45.1. The zero-order valence-corrected chi connectivity index (χ0v) is 16.7. The second kappa shape index (κ2) is 7.10. The second-order valence-corrected chi connectivity index (χ2v) is 9.33. The van der Waals surface area contributed by atoms with Gasteiger partial charge in [-0.15, -0.1) is 0 Å². The monoisotopic (exact) mass is 362 g/mol. The first-order valence-corrected chi connectivity index (χ1v) is 10.2. The number of hydrogen-bond acceptors (Lipinski definition) is 4. The molecular formula is C22H34O4. The number of aliphatic hydroxyl groups is 1. The van der Waals surface area contributed by atoms with E-state index in [1.165, 1.54) is 12.5 Å². The number of hydrogen-bond donors (Lipinski definition) is 1. The van der Waals surface area contributed by atoms with Crippen LogP contribution in [0.25, 0.3) is 0 Å². The lowest BCUT2D eigenvalue weighted by atomic mass is 9.44. The molecule has 0 heterocycles. The number of carbonyl (C=O) groups excluding carboxylic acids is 2. The molecule has 2 saturated carbocycles. The molecule has 0 aromatic carbocycles. The summed E-state index contributed by atoms with van der Waals surface area (Å²) >= 11 is 0. The quantitative estimate of drug-likeness (QED) is 0.468. The Morgan fingerprint density at radius 1 is 1.42 bits per heavy atom. The van der Waals surface area contributed by atoms with Gasteiger partial charge in [-0.2, -0.15) is 0 Å². The Kier molecular flexibility index (Phi) is 5.35. The Hall–Kier alpha value is -1.16. The molecule has 3 aliphatic rings. The Bertz CT molecular complexity index is 597. The summed E-state index contributed by atoms with van der Waals surface area (Å²) in [6.45, 7) is 8.26. The van der Waals surface area contributed by atoms with Crippen LogP contribution in [0.2, 0.25) is 0 Å². The number of rotatable bonds is 4. The average molecular weight is 363 g/mol. The smallest absolute Gasteiger partial charge is 0.302 e. The van der Waals surface area contributed by atoms with Gasteiger partial charge in [-0.25, -0.2) is 0 Å². The van der Waals surface area contributed by atoms with E-state index in [2.05, 4.69) is 26.8 Å². The van der Waals surface area contributed by atoms with Crippen molar-refractivity contribution in [1.29, 1.82) is 0 Å². The molecule has 4 heteroatoms. The van der Waals surface area contributed by atoms with E-state index in [4.69, 9.17) is 4.74 Å². The standard InChI is InChI=1S/C22H34O4/c1-5-19-18-7-6-16-10-17(26-14(2)25)8-9-22(16,4)20(18)15(12-23)11-21(19,3)13-24/h6,13,15,17-20,23H,5,7-12H2,1-4H3/t15?,17-,18?,19?,20?,21+,22-/m0/s1. The molecule has 0 aromatic rings.